The molecule has 5 N–H and O–H groups in total. The van der Waals surface area contributed by atoms with Crippen LogP contribution in [0.1, 0.15) is 21.6 Å². The lowest BCUT2D eigenvalue weighted by Crippen LogP contribution is -2.59. The van der Waals surface area contributed by atoms with Gasteiger partial charge in [-0.2, -0.15) is 0 Å². The van der Waals surface area contributed by atoms with Crippen LogP contribution in [0.3, 0.4) is 0 Å². The average molecular weight is 822 g/mol. The number of carbonyl (C=O) groups is 5. The first-order valence-corrected chi connectivity index (χ1v) is 20.4. The van der Waals surface area contributed by atoms with Gasteiger partial charge in [-0.1, -0.05) is 97.1 Å². The van der Waals surface area contributed by atoms with Crippen molar-refractivity contribution in [1.82, 2.24) is 26.3 Å². The maximum atomic E-state index is 14.5. The van der Waals surface area contributed by atoms with E-state index < -0.39 is 60.4 Å². The lowest BCUT2D eigenvalue weighted by molar-refractivity contribution is -0.142. The normalized spacial score (nSPS) is 19.0. The number of fused-ring (bicyclic) bond motifs is 16. The first-order chi connectivity index (χ1) is 29.2. The van der Waals surface area contributed by atoms with E-state index in [-0.39, 0.29) is 25.7 Å². The number of hydrogen-bond donors (Lipinski definition) is 5. The van der Waals surface area contributed by atoms with Gasteiger partial charge >= 0.3 is 5.97 Å². The van der Waals surface area contributed by atoms with Crippen LogP contribution in [0.2, 0.25) is 0 Å². The number of nitrogens with one attached hydrogen (secondary N) is 4. The number of aliphatic carboxylic acids is 1. The molecule has 2 bridgehead atoms. The number of thiophene rings is 1. The van der Waals surface area contributed by atoms with E-state index >= 15 is 0 Å². The number of ether oxygens (including phenoxy) is 1. The molecule has 0 saturated carbocycles. The minimum atomic E-state index is -1.35. The predicted octanol–water partition coefficient (Wildman–Crippen LogP) is 5.16. The maximum absolute atomic E-state index is 14.5. The molecule has 0 aliphatic carbocycles. The van der Waals surface area contributed by atoms with E-state index in [0.717, 1.165) is 32.7 Å². The van der Waals surface area contributed by atoms with E-state index in [1.54, 1.807) is 36.7 Å². The van der Waals surface area contributed by atoms with Crippen LogP contribution >= 0.6 is 11.3 Å². The molecule has 4 heterocycles. The fourth-order valence-corrected chi connectivity index (χ4v) is 7.68. The highest BCUT2D eigenvalue weighted by molar-refractivity contribution is 7.09. The van der Waals surface area contributed by atoms with Crippen LogP contribution in [0, 0.1) is 0 Å². The van der Waals surface area contributed by atoms with E-state index in [1.165, 1.54) is 11.3 Å². The van der Waals surface area contributed by atoms with Crippen LogP contribution in [0.4, 0.5) is 0 Å². The van der Waals surface area contributed by atoms with Gasteiger partial charge < -0.3 is 31.1 Å². The third kappa shape index (κ3) is 11.1. The second kappa shape index (κ2) is 19.6. The smallest absolute Gasteiger partial charge is 0.326 e. The van der Waals surface area contributed by atoms with E-state index in [9.17, 15) is 29.1 Å². The Labute approximate surface area is 351 Å². The van der Waals surface area contributed by atoms with Crippen LogP contribution in [0.25, 0.3) is 22.3 Å². The minimum Gasteiger partial charge on any atom is -0.484 e. The van der Waals surface area contributed by atoms with Crippen LogP contribution in [0.5, 0.6) is 5.75 Å². The molecule has 0 saturated heterocycles. The van der Waals surface area contributed by atoms with Crippen molar-refractivity contribution in [2.45, 2.75) is 49.9 Å². The van der Waals surface area contributed by atoms with Crippen molar-refractivity contribution < 1.29 is 33.8 Å². The van der Waals surface area contributed by atoms with Gasteiger partial charge in [-0.3, -0.25) is 24.2 Å². The van der Waals surface area contributed by atoms with Crippen LogP contribution in [0.15, 0.2) is 145 Å². The van der Waals surface area contributed by atoms with Gasteiger partial charge in [-0.15, -0.1) is 11.3 Å². The van der Waals surface area contributed by atoms with E-state index in [1.807, 2.05) is 109 Å². The second-order valence-corrected chi connectivity index (χ2v) is 15.5. The Hall–Kier alpha value is -7.12. The van der Waals surface area contributed by atoms with Crippen molar-refractivity contribution in [2.75, 3.05) is 6.61 Å². The number of rotatable bonds is 9. The molecule has 4 atom stereocenters. The molecule has 304 valence electrons. The molecule has 2 aliphatic rings. The molecule has 4 aromatic carbocycles. The SMILES string of the molecule is O=C1COc2ccc(cc2)C[C@@H](C(=O)O)NC(=O)[C@H](Cc2ccc(-c3ccncc3)cc2)NC(=O)[C@@H](Cc2ccc(-c3ccccc3)cc2)NC(=O)[C@H](Cc2cccs2)N1. The molecule has 0 spiro atoms. The van der Waals surface area contributed by atoms with Crippen molar-refractivity contribution in [3.05, 3.63) is 167 Å². The number of pyridine rings is 1. The summed E-state index contributed by atoms with van der Waals surface area (Å²) in [5.41, 5.74) is 5.86. The Bertz CT molecular complexity index is 2390. The lowest BCUT2D eigenvalue weighted by atomic mass is 9.98. The van der Waals surface area contributed by atoms with Gasteiger partial charge in [0.25, 0.3) is 5.91 Å². The van der Waals surface area contributed by atoms with Crippen LogP contribution < -0.4 is 26.0 Å². The molecule has 60 heavy (non-hydrogen) atoms. The zero-order valence-electron chi connectivity index (χ0n) is 32.5. The number of carbonyl (C=O) groups excluding carboxylic acids is 4. The van der Waals surface area contributed by atoms with Gasteiger partial charge in [0.05, 0.1) is 0 Å². The molecular weight excluding hydrogens is 779 g/mol. The lowest BCUT2D eigenvalue weighted by Gasteiger charge is -2.26. The summed E-state index contributed by atoms with van der Waals surface area (Å²) in [6, 6.07) is 34.0. The molecule has 2 aliphatic heterocycles. The van der Waals surface area contributed by atoms with Crippen LogP contribution in [-0.4, -0.2) is 70.5 Å². The highest BCUT2D eigenvalue weighted by Crippen LogP contribution is 2.22. The summed E-state index contributed by atoms with van der Waals surface area (Å²) < 4.78 is 5.71. The van der Waals surface area contributed by atoms with Crippen molar-refractivity contribution in [3.63, 3.8) is 0 Å². The topological polar surface area (TPSA) is 176 Å². The van der Waals surface area contributed by atoms with Gasteiger partial charge in [0.2, 0.25) is 17.7 Å². The van der Waals surface area contributed by atoms with Gasteiger partial charge in [0.1, 0.15) is 29.9 Å². The quantitative estimate of drug-likeness (QED) is 0.124. The Balaban J connectivity index is 1.22. The molecule has 6 aromatic rings. The predicted molar refractivity (Wildman–Crippen MR) is 228 cm³/mol. The zero-order valence-corrected chi connectivity index (χ0v) is 33.3. The molecule has 0 unspecified atom stereocenters. The number of carboxylic acids is 1. The Morgan fingerprint density at radius 3 is 1.68 bits per heavy atom. The standard InChI is InChI=1S/C47H43N5O7S/c53-43-29-59-37-18-12-32(13-19-37)27-42(47(57)58)52-45(55)40(26-31-10-16-35(17-11-31)36-20-22-48-23-21-36)50-44(54)39(51-46(56)41(49-43)28-38-7-4-24-60-38)25-30-8-14-34(15-9-30)33-5-2-1-3-6-33/h1-24,39-42H,25-29H2,(H,49,53)(H,50,54)(H,51,56)(H,52,55)(H,57,58)/t39-,40+,41+,42+/m1/s1. The first-order valence-electron chi connectivity index (χ1n) is 19.5. The Kier molecular flexibility index (Phi) is 13.4. The average Bonchev–Trinajstić information content (AvgIpc) is 3.79. The van der Waals surface area contributed by atoms with Gasteiger partial charge in [-0.05, 0) is 74.7 Å². The van der Waals surface area contributed by atoms with Crippen molar-refractivity contribution in [2.24, 2.45) is 0 Å². The third-order valence-corrected chi connectivity index (χ3v) is 11.1. The molecule has 13 heteroatoms. The number of amides is 4. The monoisotopic (exact) mass is 821 g/mol. The maximum Gasteiger partial charge on any atom is 0.326 e. The second-order valence-electron chi connectivity index (χ2n) is 14.5. The third-order valence-electron chi connectivity index (χ3n) is 10.2. The summed E-state index contributed by atoms with van der Waals surface area (Å²) in [5.74, 6) is -3.47. The largest absolute Gasteiger partial charge is 0.484 e. The van der Waals surface area contributed by atoms with Gasteiger partial charge in [0.15, 0.2) is 6.61 Å². The van der Waals surface area contributed by atoms with Gasteiger partial charge in [-0.25, -0.2) is 4.79 Å². The molecule has 0 fully saturated rings. The van der Waals surface area contributed by atoms with Crippen LogP contribution in [-0.2, 0) is 49.7 Å². The van der Waals surface area contributed by atoms with Crippen molar-refractivity contribution in [1.29, 1.82) is 0 Å². The van der Waals surface area contributed by atoms with E-state index in [2.05, 4.69) is 26.3 Å². The summed E-state index contributed by atoms with van der Waals surface area (Å²) in [5, 5.41) is 23.2. The van der Waals surface area contributed by atoms with E-state index in [0.29, 0.717) is 16.9 Å². The minimum absolute atomic E-state index is 0.00999. The fourth-order valence-electron chi connectivity index (χ4n) is 6.93. The molecule has 4 amide bonds. The molecular formula is C47H43N5O7S. The molecule has 12 nitrogen and oxygen atoms in total. The number of nitrogens with zero attached hydrogens (tertiary/aromatic N) is 1. The zero-order chi connectivity index (χ0) is 41.8. The summed E-state index contributed by atoms with van der Waals surface area (Å²) in [4.78, 5) is 73.6. The number of benzene rings is 4. The first kappa shape index (κ1) is 41.1. The van der Waals surface area contributed by atoms with E-state index in [4.69, 9.17) is 4.74 Å². The number of hydrogen-bond acceptors (Lipinski definition) is 8. The molecule has 2 aromatic heterocycles. The molecule has 8 rings (SSSR count). The highest BCUT2D eigenvalue weighted by Gasteiger charge is 2.32. The Morgan fingerprint density at radius 1 is 0.600 bits per heavy atom. The fraction of sp³-hybridized carbons (Fsp3) is 0.191. The number of carboxylic acid groups (broad SMARTS) is 1. The summed E-state index contributed by atoms with van der Waals surface area (Å²) in [6.45, 7) is -0.399. The van der Waals surface area contributed by atoms with Crippen molar-refractivity contribution in [3.8, 4) is 28.0 Å². The molecule has 0 radical (unpaired) electrons. The summed E-state index contributed by atoms with van der Waals surface area (Å²) in [7, 11) is 0. The summed E-state index contributed by atoms with van der Waals surface area (Å²) >= 11 is 1.43. The Morgan fingerprint density at radius 2 is 1.13 bits per heavy atom. The van der Waals surface area contributed by atoms with Gasteiger partial charge in [0, 0.05) is 43.0 Å². The van der Waals surface area contributed by atoms with Crippen molar-refractivity contribution >= 4 is 40.9 Å². The highest BCUT2D eigenvalue weighted by atomic mass is 32.1. The number of aromatic nitrogens is 1. The summed E-state index contributed by atoms with van der Waals surface area (Å²) in [6.07, 6.45) is 3.52.